The molecule has 8 heteroatoms. The highest BCUT2D eigenvalue weighted by Crippen LogP contribution is 2.48. The first-order chi connectivity index (χ1) is 9.38. The maximum Gasteiger partial charge on any atom is 0.250 e. The van der Waals surface area contributed by atoms with Crippen LogP contribution < -0.4 is 4.74 Å². The van der Waals surface area contributed by atoms with E-state index in [-0.39, 0.29) is 36.6 Å². The first-order valence-corrected chi connectivity index (χ1v) is 6.98. The van der Waals surface area contributed by atoms with Crippen molar-refractivity contribution in [2.45, 2.75) is 0 Å². The molecule has 0 aliphatic rings. The first-order valence-electron chi connectivity index (χ1n) is 5.09. The topological polar surface area (TPSA) is 22.1 Å². The zero-order valence-electron chi connectivity index (χ0n) is 9.78. The van der Waals surface area contributed by atoms with Crippen molar-refractivity contribution in [3.05, 3.63) is 43.2 Å². The summed E-state index contributed by atoms with van der Waals surface area (Å²) in [6.07, 6.45) is 1.34. The van der Waals surface area contributed by atoms with E-state index in [9.17, 15) is 4.39 Å². The molecule has 0 N–H and O–H groups in total. The molecule has 0 saturated carbocycles. The highest BCUT2D eigenvalue weighted by molar-refractivity contribution is 6.56. The maximum absolute atomic E-state index is 13.7. The molecule has 0 bridgehead atoms. The van der Waals surface area contributed by atoms with E-state index < -0.39 is 5.82 Å². The molecule has 0 amide bonds. The normalized spacial score (nSPS) is 10.8. The quantitative estimate of drug-likeness (QED) is 0.463. The van der Waals surface area contributed by atoms with E-state index >= 15 is 0 Å². The Morgan fingerprint density at radius 2 is 1.45 bits per heavy atom. The second-order valence-electron chi connectivity index (χ2n) is 3.66. The molecule has 20 heavy (non-hydrogen) atoms. The van der Waals surface area contributed by atoms with E-state index in [1.807, 2.05) is 0 Å². The largest absolute Gasteiger partial charge is 0.479 e. The van der Waals surface area contributed by atoms with Crippen molar-refractivity contribution in [2.75, 3.05) is 7.11 Å². The lowest BCUT2D eigenvalue weighted by molar-refractivity contribution is 0.369. The van der Waals surface area contributed by atoms with Crippen molar-refractivity contribution in [1.82, 2.24) is 4.98 Å². The molecular weight excluding hydrogens is 370 g/mol. The number of nitrogens with zero attached hydrogens (tertiary/aromatic N) is 1. The summed E-state index contributed by atoms with van der Waals surface area (Å²) in [7, 11) is 1.31. The van der Waals surface area contributed by atoms with Gasteiger partial charge in [0.15, 0.2) is 5.82 Å². The lowest BCUT2D eigenvalue weighted by Gasteiger charge is -2.13. The Morgan fingerprint density at radius 1 is 0.950 bits per heavy atom. The van der Waals surface area contributed by atoms with Crippen LogP contribution in [0.3, 0.4) is 0 Å². The van der Waals surface area contributed by atoms with E-state index in [0.717, 1.165) is 0 Å². The molecule has 0 aliphatic heterocycles. The fourth-order valence-corrected chi connectivity index (χ4v) is 2.93. The van der Waals surface area contributed by atoms with Gasteiger partial charge in [0.1, 0.15) is 0 Å². The molecule has 2 rings (SSSR count). The van der Waals surface area contributed by atoms with Gasteiger partial charge >= 0.3 is 0 Å². The van der Waals surface area contributed by atoms with E-state index in [2.05, 4.69) is 4.98 Å². The molecule has 2 nitrogen and oxygen atoms in total. The summed E-state index contributed by atoms with van der Waals surface area (Å²) in [6, 6.07) is 1.17. The van der Waals surface area contributed by atoms with Crippen molar-refractivity contribution < 1.29 is 9.13 Å². The molecule has 1 heterocycles. The van der Waals surface area contributed by atoms with Gasteiger partial charge in [-0.2, -0.15) is 0 Å². The van der Waals surface area contributed by atoms with Crippen molar-refractivity contribution in [1.29, 1.82) is 0 Å². The highest BCUT2D eigenvalue weighted by atomic mass is 35.5. The number of rotatable bonds is 2. The molecular formula is C12H5Cl5FNO. The van der Waals surface area contributed by atoms with Gasteiger partial charge in [-0.15, -0.1) is 0 Å². The van der Waals surface area contributed by atoms with E-state index in [1.165, 1.54) is 19.4 Å². The lowest BCUT2D eigenvalue weighted by atomic mass is 10.1. The fraction of sp³-hybridized carbons (Fsp3) is 0.0833. The summed E-state index contributed by atoms with van der Waals surface area (Å²) >= 11 is 30.0. The molecule has 0 unspecified atom stereocenters. The number of ether oxygens (including phenoxy) is 1. The van der Waals surface area contributed by atoms with Gasteiger partial charge in [-0.25, -0.2) is 9.37 Å². The van der Waals surface area contributed by atoms with Crippen LogP contribution in [0, 0.1) is 5.82 Å². The summed E-state index contributed by atoms with van der Waals surface area (Å²) in [5.74, 6) is -0.813. The van der Waals surface area contributed by atoms with Crippen LogP contribution in [0.25, 0.3) is 11.1 Å². The minimum Gasteiger partial charge on any atom is -0.479 e. The van der Waals surface area contributed by atoms with Gasteiger partial charge in [0.2, 0.25) is 5.88 Å². The molecule has 0 saturated heterocycles. The Kier molecular flexibility index (Phi) is 4.88. The predicted octanol–water partition coefficient (Wildman–Crippen LogP) is 6.16. The number of hydrogen-bond donors (Lipinski definition) is 0. The molecule has 1 aromatic heterocycles. The third-order valence-corrected chi connectivity index (χ3v) is 4.78. The van der Waals surface area contributed by atoms with Crippen LogP contribution in [0.5, 0.6) is 5.88 Å². The average Bonchev–Trinajstić information content (AvgIpc) is 2.43. The van der Waals surface area contributed by atoms with Crippen LogP contribution in [0.2, 0.25) is 25.1 Å². The Bertz CT molecular complexity index is 663. The highest BCUT2D eigenvalue weighted by Gasteiger charge is 2.21. The zero-order valence-corrected chi connectivity index (χ0v) is 13.6. The van der Waals surface area contributed by atoms with E-state index in [4.69, 9.17) is 62.7 Å². The fourth-order valence-electron chi connectivity index (χ4n) is 1.57. The van der Waals surface area contributed by atoms with Gasteiger partial charge in [-0.05, 0) is 6.07 Å². The molecule has 1 aromatic carbocycles. The standard InChI is InChI=1S/C12H5Cl5FNO/c1-20-12-5(18)2-4(3-19-12)6-7(13)9(15)11(17)10(16)8(6)14/h2-3H,1H3. The Labute approximate surface area is 139 Å². The van der Waals surface area contributed by atoms with Crippen LogP contribution in [0.15, 0.2) is 12.3 Å². The minimum atomic E-state index is -0.667. The van der Waals surface area contributed by atoms with Crippen LogP contribution >= 0.6 is 58.0 Å². The van der Waals surface area contributed by atoms with Gasteiger partial charge in [0.25, 0.3) is 0 Å². The summed E-state index contributed by atoms with van der Waals surface area (Å²) in [5, 5.41) is 0.242. The second-order valence-corrected chi connectivity index (χ2v) is 5.55. The second kappa shape index (κ2) is 6.12. The zero-order chi connectivity index (χ0) is 15.0. The molecule has 0 fully saturated rings. The third-order valence-electron chi connectivity index (χ3n) is 2.50. The lowest BCUT2D eigenvalue weighted by Crippen LogP contribution is -1.94. The predicted molar refractivity (Wildman–Crippen MR) is 81.2 cm³/mol. The average molecular weight is 375 g/mol. The molecule has 0 radical (unpaired) electrons. The van der Waals surface area contributed by atoms with Crippen LogP contribution in [-0.4, -0.2) is 12.1 Å². The summed E-state index contributed by atoms with van der Waals surface area (Å²) < 4.78 is 18.5. The van der Waals surface area contributed by atoms with Crippen LogP contribution in [0.1, 0.15) is 0 Å². The number of pyridine rings is 1. The monoisotopic (exact) mass is 373 g/mol. The van der Waals surface area contributed by atoms with Gasteiger partial charge < -0.3 is 4.74 Å². The Balaban J connectivity index is 2.73. The van der Waals surface area contributed by atoms with Crippen molar-refractivity contribution in [3.8, 4) is 17.0 Å². The molecule has 0 spiro atoms. The summed E-state index contributed by atoms with van der Waals surface area (Å²) in [4.78, 5) is 3.80. The first kappa shape index (κ1) is 15.9. The molecule has 0 atom stereocenters. The summed E-state index contributed by atoms with van der Waals surface area (Å²) in [5.41, 5.74) is 0.556. The van der Waals surface area contributed by atoms with Gasteiger partial charge in [0, 0.05) is 17.3 Å². The van der Waals surface area contributed by atoms with Crippen molar-refractivity contribution >= 4 is 58.0 Å². The third kappa shape index (κ3) is 2.66. The molecule has 2 aromatic rings. The number of aromatic nitrogens is 1. The molecule has 106 valence electrons. The number of benzene rings is 1. The van der Waals surface area contributed by atoms with Crippen LogP contribution in [-0.2, 0) is 0 Å². The van der Waals surface area contributed by atoms with Gasteiger partial charge in [0.05, 0.1) is 32.2 Å². The SMILES string of the molecule is COc1ncc(-c2c(Cl)c(Cl)c(Cl)c(Cl)c2Cl)cc1F. The maximum atomic E-state index is 13.7. The van der Waals surface area contributed by atoms with Crippen LogP contribution in [0.4, 0.5) is 4.39 Å². The minimum absolute atomic E-state index is 0.0361. The number of halogens is 6. The smallest absolute Gasteiger partial charge is 0.250 e. The van der Waals surface area contributed by atoms with Gasteiger partial charge in [-0.3, -0.25) is 0 Å². The Hall–Kier alpha value is -0.450. The van der Waals surface area contributed by atoms with Gasteiger partial charge in [-0.1, -0.05) is 58.0 Å². The van der Waals surface area contributed by atoms with Crippen molar-refractivity contribution in [3.63, 3.8) is 0 Å². The van der Waals surface area contributed by atoms with E-state index in [0.29, 0.717) is 5.56 Å². The summed E-state index contributed by atoms with van der Waals surface area (Å²) in [6.45, 7) is 0. The Morgan fingerprint density at radius 3 is 1.90 bits per heavy atom. The molecule has 0 aliphatic carbocycles. The number of methoxy groups -OCH3 is 1. The number of hydrogen-bond acceptors (Lipinski definition) is 2. The van der Waals surface area contributed by atoms with Crippen molar-refractivity contribution in [2.24, 2.45) is 0 Å². The van der Waals surface area contributed by atoms with E-state index in [1.54, 1.807) is 0 Å².